The van der Waals surface area contributed by atoms with Crippen molar-refractivity contribution < 1.29 is 9.85 Å². The van der Waals surface area contributed by atoms with Gasteiger partial charge in [-0.1, -0.05) is 12.1 Å². The molecule has 1 aromatic rings. The van der Waals surface area contributed by atoms with Crippen molar-refractivity contribution in [3.8, 4) is 6.07 Å². The molecule has 0 spiro atoms. The second-order valence-corrected chi connectivity index (χ2v) is 4.83. The van der Waals surface area contributed by atoms with Crippen LogP contribution in [0.5, 0.6) is 0 Å². The van der Waals surface area contributed by atoms with Gasteiger partial charge in [-0.3, -0.25) is 20.2 Å². The van der Waals surface area contributed by atoms with Crippen molar-refractivity contribution in [3.05, 3.63) is 78.4 Å². The SMILES string of the molecule is CC1=C([N+](=O)[O-])C(c2cccc(C#N)c2)C([N+](=O)[O-])=C(C)N1. The fraction of sp³-hybridized carbons (Fsp3) is 0.214. The van der Waals surface area contributed by atoms with E-state index in [0.29, 0.717) is 5.56 Å². The molecule has 0 saturated heterocycles. The lowest BCUT2D eigenvalue weighted by Gasteiger charge is -2.22. The highest BCUT2D eigenvalue weighted by Crippen LogP contribution is 2.38. The molecule has 1 aliphatic rings. The van der Waals surface area contributed by atoms with Gasteiger partial charge < -0.3 is 5.32 Å². The van der Waals surface area contributed by atoms with E-state index in [0.717, 1.165) is 0 Å². The Labute approximate surface area is 125 Å². The van der Waals surface area contributed by atoms with Gasteiger partial charge >= 0.3 is 0 Å². The van der Waals surface area contributed by atoms with Gasteiger partial charge in [-0.15, -0.1) is 0 Å². The predicted molar refractivity (Wildman–Crippen MR) is 76.4 cm³/mol. The van der Waals surface area contributed by atoms with Crippen LogP contribution in [-0.2, 0) is 0 Å². The second-order valence-electron chi connectivity index (χ2n) is 4.83. The van der Waals surface area contributed by atoms with E-state index in [-0.39, 0.29) is 28.4 Å². The highest BCUT2D eigenvalue weighted by Gasteiger charge is 2.44. The fourth-order valence-electron chi connectivity index (χ4n) is 2.56. The number of nitro groups is 2. The van der Waals surface area contributed by atoms with Crippen molar-refractivity contribution in [2.24, 2.45) is 0 Å². The van der Waals surface area contributed by atoms with Crippen LogP contribution in [-0.4, -0.2) is 9.85 Å². The Morgan fingerprint density at radius 3 is 2.14 bits per heavy atom. The number of allylic oxidation sites excluding steroid dienone is 2. The number of dihydropyridines is 1. The number of nitrogens with one attached hydrogen (secondary N) is 1. The molecule has 0 unspecified atom stereocenters. The summed E-state index contributed by atoms with van der Waals surface area (Å²) in [7, 11) is 0. The molecule has 112 valence electrons. The maximum absolute atomic E-state index is 11.4. The van der Waals surface area contributed by atoms with E-state index in [2.05, 4.69) is 5.32 Å². The van der Waals surface area contributed by atoms with Crippen molar-refractivity contribution >= 4 is 0 Å². The van der Waals surface area contributed by atoms with Gasteiger partial charge in [0.25, 0.3) is 11.4 Å². The topological polar surface area (TPSA) is 122 Å². The molecule has 1 heterocycles. The molecular weight excluding hydrogens is 288 g/mol. The number of hydrogen-bond donors (Lipinski definition) is 1. The molecular formula is C14H12N4O4. The maximum atomic E-state index is 11.4. The highest BCUT2D eigenvalue weighted by atomic mass is 16.6. The van der Waals surface area contributed by atoms with Crippen molar-refractivity contribution in [3.63, 3.8) is 0 Å². The summed E-state index contributed by atoms with van der Waals surface area (Å²) in [6.45, 7) is 3.00. The van der Waals surface area contributed by atoms with Crippen molar-refractivity contribution in [2.75, 3.05) is 0 Å². The molecule has 2 rings (SSSR count). The summed E-state index contributed by atoms with van der Waals surface area (Å²) in [5.41, 5.74) is 0.565. The Bertz CT molecular complexity index is 737. The quantitative estimate of drug-likeness (QED) is 0.674. The molecule has 8 nitrogen and oxygen atoms in total. The van der Waals surface area contributed by atoms with Crippen LogP contribution in [0.4, 0.5) is 0 Å². The molecule has 1 N–H and O–H groups in total. The third-order valence-corrected chi connectivity index (χ3v) is 3.43. The van der Waals surface area contributed by atoms with Crippen LogP contribution in [0.25, 0.3) is 0 Å². The lowest BCUT2D eigenvalue weighted by atomic mass is 9.87. The van der Waals surface area contributed by atoms with E-state index in [9.17, 15) is 20.2 Å². The standard InChI is InChI=1S/C14H12N4O4/c1-8-13(17(19)20)12(14(18(21)22)9(2)16-8)11-5-3-4-10(6-11)7-15/h3-6,12,16H,1-2H3. The number of benzene rings is 1. The van der Waals surface area contributed by atoms with Crippen LogP contribution in [0.1, 0.15) is 30.9 Å². The average molecular weight is 300 g/mol. The predicted octanol–water partition coefficient (Wildman–Crippen LogP) is 2.26. The lowest BCUT2D eigenvalue weighted by molar-refractivity contribution is -0.457. The second kappa shape index (κ2) is 5.65. The van der Waals surface area contributed by atoms with Crippen LogP contribution in [0.15, 0.2) is 47.1 Å². The highest BCUT2D eigenvalue weighted by molar-refractivity contribution is 5.44. The average Bonchev–Trinajstić information content (AvgIpc) is 2.45. The zero-order valence-corrected chi connectivity index (χ0v) is 11.9. The summed E-state index contributed by atoms with van der Waals surface area (Å²) in [6.07, 6.45) is 0. The summed E-state index contributed by atoms with van der Waals surface area (Å²) in [4.78, 5) is 21.5. The molecule has 1 aromatic carbocycles. The molecule has 0 radical (unpaired) electrons. The normalized spacial score (nSPS) is 15.3. The van der Waals surface area contributed by atoms with Crippen molar-refractivity contribution in [2.45, 2.75) is 19.8 Å². The molecule has 1 aliphatic heterocycles. The van der Waals surface area contributed by atoms with Gasteiger partial charge in [0.05, 0.1) is 32.9 Å². The number of hydrogen-bond acceptors (Lipinski definition) is 6. The van der Waals surface area contributed by atoms with Crippen molar-refractivity contribution in [1.82, 2.24) is 5.32 Å². The van der Waals surface area contributed by atoms with Gasteiger partial charge in [0.1, 0.15) is 0 Å². The summed E-state index contributed by atoms with van der Waals surface area (Å²) >= 11 is 0. The first-order chi connectivity index (χ1) is 10.4. The van der Waals surface area contributed by atoms with Crippen LogP contribution >= 0.6 is 0 Å². The zero-order valence-electron chi connectivity index (χ0n) is 11.9. The summed E-state index contributed by atoms with van der Waals surface area (Å²) in [5.74, 6) is -1.13. The minimum absolute atomic E-state index is 0.250. The number of rotatable bonds is 3. The molecule has 0 amide bonds. The van der Waals surface area contributed by atoms with Crippen molar-refractivity contribution in [1.29, 1.82) is 5.26 Å². The Kier molecular flexibility index (Phi) is 3.90. The lowest BCUT2D eigenvalue weighted by Crippen LogP contribution is -2.30. The fourth-order valence-corrected chi connectivity index (χ4v) is 2.56. The molecule has 0 aromatic heterocycles. The molecule has 0 atom stereocenters. The third-order valence-electron chi connectivity index (χ3n) is 3.43. The monoisotopic (exact) mass is 300 g/mol. The minimum atomic E-state index is -1.13. The number of nitriles is 1. The number of nitrogens with zero attached hydrogens (tertiary/aromatic N) is 3. The van der Waals surface area contributed by atoms with Crippen LogP contribution < -0.4 is 5.32 Å². The summed E-state index contributed by atoms with van der Waals surface area (Å²) < 4.78 is 0. The van der Waals surface area contributed by atoms with E-state index >= 15 is 0 Å². The molecule has 0 saturated carbocycles. The summed E-state index contributed by atoms with van der Waals surface area (Å²) in [5, 5.41) is 34.4. The first-order valence-electron chi connectivity index (χ1n) is 6.34. The van der Waals surface area contributed by atoms with E-state index in [1.807, 2.05) is 6.07 Å². The zero-order chi connectivity index (χ0) is 16.4. The summed E-state index contributed by atoms with van der Waals surface area (Å²) in [6, 6.07) is 8.00. The molecule has 0 bridgehead atoms. The first-order valence-corrected chi connectivity index (χ1v) is 6.34. The van der Waals surface area contributed by atoms with Gasteiger partial charge in [0.2, 0.25) is 0 Å². The van der Waals surface area contributed by atoms with E-state index in [1.165, 1.54) is 26.0 Å². The van der Waals surface area contributed by atoms with Crippen LogP contribution in [0.2, 0.25) is 0 Å². The van der Waals surface area contributed by atoms with Gasteiger partial charge in [-0.25, -0.2) is 0 Å². The third kappa shape index (κ3) is 2.52. The minimum Gasteiger partial charge on any atom is -0.352 e. The van der Waals surface area contributed by atoms with Crippen LogP contribution in [0, 0.1) is 31.6 Å². The molecule has 0 fully saturated rings. The Morgan fingerprint density at radius 1 is 1.14 bits per heavy atom. The Hall–Kier alpha value is -3.21. The Balaban J connectivity index is 2.72. The van der Waals surface area contributed by atoms with Gasteiger partial charge in [0, 0.05) is 0 Å². The molecule has 0 aliphatic carbocycles. The largest absolute Gasteiger partial charge is 0.352 e. The van der Waals surface area contributed by atoms with Crippen LogP contribution in [0.3, 0.4) is 0 Å². The smallest absolute Gasteiger partial charge is 0.283 e. The van der Waals surface area contributed by atoms with Gasteiger partial charge in [0.15, 0.2) is 5.92 Å². The van der Waals surface area contributed by atoms with Gasteiger partial charge in [-0.2, -0.15) is 5.26 Å². The van der Waals surface area contributed by atoms with Gasteiger partial charge in [-0.05, 0) is 31.5 Å². The van der Waals surface area contributed by atoms with E-state index < -0.39 is 15.8 Å². The Morgan fingerprint density at radius 2 is 1.68 bits per heavy atom. The van der Waals surface area contributed by atoms with E-state index in [1.54, 1.807) is 12.1 Å². The van der Waals surface area contributed by atoms with E-state index in [4.69, 9.17) is 5.26 Å². The first kappa shape index (κ1) is 15.2. The molecule has 8 heteroatoms. The maximum Gasteiger partial charge on any atom is 0.283 e. The molecule has 22 heavy (non-hydrogen) atoms.